The van der Waals surface area contributed by atoms with Gasteiger partial charge in [0.15, 0.2) is 0 Å². The van der Waals surface area contributed by atoms with Crippen molar-refractivity contribution in [2.75, 3.05) is 26.3 Å². The Morgan fingerprint density at radius 3 is 2.78 bits per heavy atom. The third kappa shape index (κ3) is 4.00. The lowest BCUT2D eigenvalue weighted by Gasteiger charge is -2.27. The van der Waals surface area contributed by atoms with Crippen molar-refractivity contribution >= 4 is 0 Å². The molecular weight excluding hydrogens is 226 g/mol. The van der Waals surface area contributed by atoms with Crippen molar-refractivity contribution < 1.29 is 9.84 Å². The number of nitrogens with zero attached hydrogens (tertiary/aromatic N) is 1. The number of phenolic OH excluding ortho intramolecular Hbond substituents is 1. The average Bonchev–Trinajstić information content (AvgIpc) is 2.66. The van der Waals surface area contributed by atoms with E-state index in [1.54, 1.807) is 12.1 Å². The van der Waals surface area contributed by atoms with Gasteiger partial charge in [-0.1, -0.05) is 12.1 Å². The van der Waals surface area contributed by atoms with Crippen molar-refractivity contribution in [3.63, 3.8) is 0 Å². The Bertz CT molecular complexity index is 342. The van der Waals surface area contributed by atoms with Crippen LogP contribution < -0.4 is 0 Å². The first-order valence-corrected chi connectivity index (χ1v) is 6.85. The summed E-state index contributed by atoms with van der Waals surface area (Å²) in [5, 5.41) is 9.25. The maximum atomic E-state index is 9.25. The molecule has 2 rings (SSSR count). The second kappa shape index (κ2) is 6.76. The van der Waals surface area contributed by atoms with E-state index in [1.165, 1.54) is 5.56 Å². The van der Waals surface area contributed by atoms with Crippen LogP contribution >= 0.6 is 0 Å². The number of benzene rings is 1. The van der Waals surface area contributed by atoms with Crippen molar-refractivity contribution in [3.05, 3.63) is 29.8 Å². The van der Waals surface area contributed by atoms with Crippen LogP contribution in [0.2, 0.25) is 0 Å². The molecule has 0 aliphatic carbocycles. The molecule has 0 aromatic heterocycles. The van der Waals surface area contributed by atoms with E-state index >= 15 is 0 Å². The first-order chi connectivity index (χ1) is 8.75. The van der Waals surface area contributed by atoms with Gasteiger partial charge >= 0.3 is 0 Å². The first-order valence-electron chi connectivity index (χ1n) is 6.85. The number of hydrogen-bond acceptors (Lipinski definition) is 3. The van der Waals surface area contributed by atoms with Crippen LogP contribution in [0.25, 0.3) is 0 Å². The molecule has 0 amide bonds. The van der Waals surface area contributed by atoms with E-state index in [9.17, 15) is 5.11 Å². The highest BCUT2D eigenvalue weighted by Gasteiger charge is 2.15. The molecule has 1 aromatic carbocycles. The third-order valence-corrected chi connectivity index (χ3v) is 3.67. The molecule has 3 heteroatoms. The summed E-state index contributed by atoms with van der Waals surface area (Å²) in [5.41, 5.74) is 1.30. The zero-order chi connectivity index (χ0) is 12.8. The minimum atomic E-state index is 0.344. The molecular formula is C15H23NO2. The van der Waals surface area contributed by atoms with Gasteiger partial charge < -0.3 is 9.84 Å². The molecule has 3 nitrogen and oxygen atoms in total. The van der Waals surface area contributed by atoms with Gasteiger partial charge in [0.05, 0.1) is 6.61 Å². The minimum Gasteiger partial charge on any atom is -0.508 e. The summed E-state index contributed by atoms with van der Waals surface area (Å²) in [7, 11) is 0. The zero-order valence-corrected chi connectivity index (χ0v) is 11.1. The summed E-state index contributed by atoms with van der Waals surface area (Å²) in [6.07, 6.45) is 3.37. The number of aryl methyl sites for hydroxylation is 1. The fourth-order valence-electron chi connectivity index (χ4n) is 2.43. The predicted octanol–water partition coefficient (Wildman–Crippen LogP) is 2.44. The molecule has 1 fully saturated rings. The fourth-order valence-corrected chi connectivity index (χ4v) is 2.43. The lowest BCUT2D eigenvalue weighted by atomic mass is 10.0. The fraction of sp³-hybridized carbons (Fsp3) is 0.600. The summed E-state index contributed by atoms with van der Waals surface area (Å²) < 4.78 is 5.48. The van der Waals surface area contributed by atoms with Crippen LogP contribution in [-0.4, -0.2) is 42.4 Å². The Morgan fingerprint density at radius 1 is 1.22 bits per heavy atom. The van der Waals surface area contributed by atoms with E-state index in [1.807, 2.05) is 12.1 Å². The van der Waals surface area contributed by atoms with Crippen LogP contribution in [0, 0.1) is 0 Å². The quantitative estimate of drug-likeness (QED) is 0.889. The van der Waals surface area contributed by atoms with E-state index in [-0.39, 0.29) is 0 Å². The van der Waals surface area contributed by atoms with Crippen LogP contribution in [0.1, 0.15) is 25.3 Å². The SMILES string of the molecule is CC(CCc1ccc(O)cc1)N1CCCOCC1. The molecule has 1 aliphatic rings. The molecule has 0 bridgehead atoms. The molecule has 1 aromatic rings. The third-order valence-electron chi connectivity index (χ3n) is 3.67. The van der Waals surface area contributed by atoms with Crippen LogP contribution in [-0.2, 0) is 11.2 Å². The van der Waals surface area contributed by atoms with E-state index in [0.29, 0.717) is 11.8 Å². The van der Waals surface area contributed by atoms with Crippen LogP contribution in [0.3, 0.4) is 0 Å². The van der Waals surface area contributed by atoms with Crippen LogP contribution in [0.15, 0.2) is 24.3 Å². The molecule has 0 spiro atoms. The molecule has 1 saturated heterocycles. The van der Waals surface area contributed by atoms with Crippen LogP contribution in [0.4, 0.5) is 0 Å². The second-order valence-corrected chi connectivity index (χ2v) is 5.06. The van der Waals surface area contributed by atoms with Gasteiger partial charge in [-0.3, -0.25) is 4.90 Å². The van der Waals surface area contributed by atoms with E-state index in [4.69, 9.17) is 4.74 Å². The molecule has 1 aliphatic heterocycles. The number of aromatic hydroxyl groups is 1. The Hall–Kier alpha value is -1.06. The van der Waals surface area contributed by atoms with Gasteiger partial charge in [0.1, 0.15) is 5.75 Å². The number of phenols is 1. The van der Waals surface area contributed by atoms with Crippen molar-refractivity contribution in [1.29, 1.82) is 0 Å². The molecule has 1 heterocycles. The molecule has 1 unspecified atom stereocenters. The van der Waals surface area contributed by atoms with Crippen LogP contribution in [0.5, 0.6) is 5.75 Å². The molecule has 1 N–H and O–H groups in total. The van der Waals surface area contributed by atoms with Gasteiger partial charge in [-0.15, -0.1) is 0 Å². The maximum absolute atomic E-state index is 9.25. The maximum Gasteiger partial charge on any atom is 0.115 e. The minimum absolute atomic E-state index is 0.344. The van der Waals surface area contributed by atoms with Gasteiger partial charge in [-0.2, -0.15) is 0 Å². The van der Waals surface area contributed by atoms with Gasteiger partial charge in [0, 0.05) is 25.7 Å². The van der Waals surface area contributed by atoms with Gasteiger partial charge in [-0.25, -0.2) is 0 Å². The van der Waals surface area contributed by atoms with Crippen molar-refractivity contribution in [1.82, 2.24) is 4.90 Å². The molecule has 100 valence electrons. The average molecular weight is 249 g/mol. The summed E-state index contributed by atoms with van der Waals surface area (Å²) in [6.45, 7) is 6.27. The summed E-state index contributed by atoms with van der Waals surface area (Å²) in [5.74, 6) is 0.344. The highest BCUT2D eigenvalue weighted by Crippen LogP contribution is 2.14. The summed E-state index contributed by atoms with van der Waals surface area (Å²) >= 11 is 0. The zero-order valence-electron chi connectivity index (χ0n) is 11.1. The van der Waals surface area contributed by atoms with Crippen molar-refractivity contribution in [3.8, 4) is 5.75 Å². The van der Waals surface area contributed by atoms with E-state index < -0.39 is 0 Å². The van der Waals surface area contributed by atoms with E-state index in [2.05, 4.69) is 11.8 Å². The van der Waals surface area contributed by atoms with Crippen molar-refractivity contribution in [2.24, 2.45) is 0 Å². The summed E-state index contributed by atoms with van der Waals surface area (Å²) in [6, 6.07) is 8.14. The number of ether oxygens (including phenoxy) is 1. The van der Waals surface area contributed by atoms with Crippen molar-refractivity contribution in [2.45, 2.75) is 32.2 Å². The Labute approximate surface area is 109 Å². The molecule has 0 radical (unpaired) electrons. The largest absolute Gasteiger partial charge is 0.508 e. The predicted molar refractivity (Wildman–Crippen MR) is 72.9 cm³/mol. The van der Waals surface area contributed by atoms with E-state index in [0.717, 1.165) is 45.6 Å². The second-order valence-electron chi connectivity index (χ2n) is 5.06. The van der Waals surface area contributed by atoms with Gasteiger partial charge in [0.25, 0.3) is 0 Å². The highest BCUT2D eigenvalue weighted by molar-refractivity contribution is 5.25. The van der Waals surface area contributed by atoms with Gasteiger partial charge in [0.2, 0.25) is 0 Å². The molecule has 0 saturated carbocycles. The Kier molecular flexibility index (Phi) is 5.02. The lowest BCUT2D eigenvalue weighted by molar-refractivity contribution is 0.132. The number of hydrogen-bond donors (Lipinski definition) is 1. The number of rotatable bonds is 4. The first kappa shape index (κ1) is 13.4. The smallest absolute Gasteiger partial charge is 0.115 e. The Morgan fingerprint density at radius 2 is 2.00 bits per heavy atom. The normalized spacial score (nSPS) is 19.4. The molecule has 1 atom stereocenters. The topological polar surface area (TPSA) is 32.7 Å². The highest BCUT2D eigenvalue weighted by atomic mass is 16.5. The summed E-state index contributed by atoms with van der Waals surface area (Å²) in [4.78, 5) is 2.52. The molecule has 18 heavy (non-hydrogen) atoms. The Balaban J connectivity index is 1.79. The monoisotopic (exact) mass is 249 g/mol. The standard InChI is InChI=1S/C15H23NO2/c1-13(16-9-2-11-18-12-10-16)3-4-14-5-7-15(17)8-6-14/h5-8,13,17H,2-4,9-12H2,1H3. The lowest BCUT2D eigenvalue weighted by Crippen LogP contribution is -2.35. The van der Waals surface area contributed by atoms with Gasteiger partial charge in [-0.05, 0) is 43.9 Å².